The van der Waals surface area contributed by atoms with Crippen LogP contribution in [0.3, 0.4) is 0 Å². The number of ether oxygens (including phenoxy) is 2. The van der Waals surface area contributed by atoms with Crippen LogP contribution in [-0.2, 0) is 10.0 Å². The number of benzene rings is 2. The highest BCUT2D eigenvalue weighted by Crippen LogP contribution is 2.30. The second-order valence-corrected chi connectivity index (χ2v) is 8.40. The fourth-order valence-corrected chi connectivity index (χ4v) is 4.43. The molecule has 1 heterocycles. The average molecular weight is 462 g/mol. The minimum Gasteiger partial charge on any atom is -0.497 e. The van der Waals surface area contributed by atoms with Gasteiger partial charge in [0.25, 0.3) is 10.0 Å². The molecule has 1 aromatic heterocycles. The summed E-state index contributed by atoms with van der Waals surface area (Å²) < 4.78 is 51.5. The van der Waals surface area contributed by atoms with Crippen LogP contribution in [0.15, 0.2) is 46.8 Å². The van der Waals surface area contributed by atoms with Gasteiger partial charge in [-0.05, 0) is 30.2 Å². The summed E-state index contributed by atoms with van der Waals surface area (Å²) in [5, 5.41) is 10.2. The van der Waals surface area contributed by atoms with Crippen molar-refractivity contribution in [2.45, 2.75) is 5.03 Å². The molecule has 11 heteroatoms. The third-order valence-electron chi connectivity index (χ3n) is 3.91. The number of hydrogen-bond acceptors (Lipinski definition) is 7. The van der Waals surface area contributed by atoms with Crippen LogP contribution in [0.2, 0.25) is 0 Å². The first-order valence-corrected chi connectivity index (χ1v) is 10.8. The standard InChI is InChI=1S/C20H15FN2O6S2/c1-28-13-5-3-4-12(8-13)6-7-18-22-19(11-30-18)31(26,27)23-16-10-15(21)14(20(24)25)9-17(16)29-2/h3-5,8-11,23H,1-2H3,(H,24,25). The maximum atomic E-state index is 14.0. The van der Waals surface area contributed by atoms with Gasteiger partial charge in [0, 0.05) is 17.0 Å². The minimum absolute atomic E-state index is 0.157. The average Bonchev–Trinajstić information content (AvgIpc) is 3.22. The van der Waals surface area contributed by atoms with Crippen molar-refractivity contribution in [3.05, 3.63) is 63.7 Å². The molecule has 0 saturated heterocycles. The third-order valence-corrected chi connectivity index (χ3v) is 6.06. The van der Waals surface area contributed by atoms with Crippen molar-refractivity contribution < 1.29 is 32.2 Å². The molecular weight excluding hydrogens is 447 g/mol. The van der Waals surface area contributed by atoms with E-state index in [2.05, 4.69) is 21.5 Å². The van der Waals surface area contributed by atoms with Crippen molar-refractivity contribution in [1.82, 2.24) is 4.98 Å². The molecule has 0 spiro atoms. The van der Waals surface area contributed by atoms with Crippen molar-refractivity contribution in [2.24, 2.45) is 0 Å². The molecule has 0 atom stereocenters. The Bertz CT molecular complexity index is 1310. The predicted octanol–water partition coefficient (Wildman–Crippen LogP) is 3.20. The number of carbonyl (C=O) groups is 1. The van der Waals surface area contributed by atoms with Gasteiger partial charge in [-0.1, -0.05) is 12.0 Å². The lowest BCUT2D eigenvalue weighted by Crippen LogP contribution is -2.15. The summed E-state index contributed by atoms with van der Waals surface area (Å²) in [5.41, 5.74) is -0.249. The number of hydrogen-bond donors (Lipinski definition) is 2. The summed E-state index contributed by atoms with van der Waals surface area (Å²) in [6.07, 6.45) is 0. The van der Waals surface area contributed by atoms with E-state index >= 15 is 0 Å². The number of anilines is 1. The summed E-state index contributed by atoms with van der Waals surface area (Å²) in [4.78, 5) is 15.0. The first kappa shape index (κ1) is 22.1. The molecule has 0 fully saturated rings. The Balaban J connectivity index is 1.86. The maximum absolute atomic E-state index is 14.0. The SMILES string of the molecule is COc1cccc(C#Cc2nc(S(=O)(=O)Nc3cc(F)c(C(=O)O)cc3OC)cs2)c1. The number of carboxylic acid groups (broad SMARTS) is 1. The van der Waals surface area contributed by atoms with Crippen LogP contribution >= 0.6 is 11.3 Å². The zero-order valence-corrected chi connectivity index (χ0v) is 17.8. The molecule has 0 radical (unpaired) electrons. The molecule has 8 nitrogen and oxygen atoms in total. The Hall–Kier alpha value is -3.62. The van der Waals surface area contributed by atoms with Crippen molar-refractivity contribution in [2.75, 3.05) is 18.9 Å². The van der Waals surface area contributed by atoms with Crippen LogP contribution in [0, 0.1) is 17.7 Å². The Kier molecular flexibility index (Phi) is 6.43. The van der Waals surface area contributed by atoms with Crippen molar-refractivity contribution >= 4 is 33.0 Å². The zero-order chi connectivity index (χ0) is 22.6. The molecule has 31 heavy (non-hydrogen) atoms. The summed E-state index contributed by atoms with van der Waals surface area (Å²) in [6.45, 7) is 0. The van der Waals surface area contributed by atoms with Crippen LogP contribution in [0.25, 0.3) is 0 Å². The number of nitrogens with zero attached hydrogens (tertiary/aromatic N) is 1. The molecule has 0 amide bonds. The number of sulfonamides is 1. The van der Waals surface area contributed by atoms with Crippen LogP contribution < -0.4 is 14.2 Å². The molecule has 2 N–H and O–H groups in total. The van der Waals surface area contributed by atoms with Gasteiger partial charge in [-0.2, -0.15) is 8.42 Å². The maximum Gasteiger partial charge on any atom is 0.338 e. The summed E-state index contributed by atoms with van der Waals surface area (Å²) >= 11 is 1.02. The Morgan fingerprint density at radius 3 is 2.65 bits per heavy atom. The number of thiazole rings is 1. The molecule has 0 aliphatic carbocycles. The fraction of sp³-hybridized carbons (Fsp3) is 0.100. The van der Waals surface area contributed by atoms with Gasteiger partial charge in [0.1, 0.15) is 17.3 Å². The number of halogens is 1. The monoisotopic (exact) mass is 462 g/mol. The highest BCUT2D eigenvalue weighted by Gasteiger charge is 2.22. The molecule has 0 aliphatic heterocycles. The second-order valence-electron chi connectivity index (χ2n) is 5.92. The van der Waals surface area contributed by atoms with Crippen molar-refractivity contribution in [3.63, 3.8) is 0 Å². The van der Waals surface area contributed by atoms with Gasteiger partial charge < -0.3 is 14.6 Å². The van der Waals surface area contributed by atoms with Crippen LogP contribution in [0.1, 0.15) is 20.9 Å². The summed E-state index contributed by atoms with van der Waals surface area (Å²) in [7, 11) is -1.47. The lowest BCUT2D eigenvalue weighted by atomic mass is 10.2. The zero-order valence-electron chi connectivity index (χ0n) is 16.2. The van der Waals surface area contributed by atoms with E-state index in [9.17, 15) is 17.6 Å². The number of aromatic nitrogens is 1. The van der Waals surface area contributed by atoms with E-state index in [1.807, 2.05) is 0 Å². The van der Waals surface area contributed by atoms with E-state index in [0.29, 0.717) is 11.3 Å². The van der Waals surface area contributed by atoms with Gasteiger partial charge in [0.05, 0.1) is 25.5 Å². The van der Waals surface area contributed by atoms with Crippen molar-refractivity contribution in [1.29, 1.82) is 0 Å². The molecule has 0 bridgehead atoms. The molecule has 3 aromatic rings. The smallest absolute Gasteiger partial charge is 0.338 e. The van der Waals surface area contributed by atoms with Crippen molar-refractivity contribution in [3.8, 4) is 23.3 Å². The first-order chi connectivity index (χ1) is 14.7. The molecule has 0 saturated carbocycles. The van der Waals surface area contributed by atoms with Gasteiger partial charge >= 0.3 is 5.97 Å². The molecule has 3 rings (SSSR count). The third kappa shape index (κ3) is 5.11. The number of nitrogens with one attached hydrogen (secondary N) is 1. The lowest BCUT2D eigenvalue weighted by molar-refractivity contribution is 0.0691. The van der Waals surface area contributed by atoms with E-state index in [1.54, 1.807) is 24.3 Å². The van der Waals surface area contributed by atoms with E-state index < -0.39 is 27.4 Å². The molecule has 160 valence electrons. The van der Waals surface area contributed by atoms with Gasteiger partial charge in [0.2, 0.25) is 0 Å². The van der Waals surface area contributed by atoms with E-state index in [1.165, 1.54) is 19.6 Å². The lowest BCUT2D eigenvalue weighted by Gasteiger charge is -2.12. The molecular formula is C20H15FN2O6S2. The quantitative estimate of drug-likeness (QED) is 0.541. The van der Waals surface area contributed by atoms with E-state index in [4.69, 9.17) is 14.6 Å². The summed E-state index contributed by atoms with van der Waals surface area (Å²) in [5.74, 6) is 3.50. The highest BCUT2D eigenvalue weighted by molar-refractivity contribution is 7.92. The van der Waals surface area contributed by atoms with Crippen LogP contribution in [-0.4, -0.2) is 38.7 Å². The topological polar surface area (TPSA) is 115 Å². The number of methoxy groups -OCH3 is 2. The fourth-order valence-electron chi connectivity index (χ4n) is 2.43. The van der Waals surface area contributed by atoms with Gasteiger partial charge in [-0.25, -0.2) is 14.2 Å². The van der Waals surface area contributed by atoms with Crippen LogP contribution in [0.5, 0.6) is 11.5 Å². The number of rotatable bonds is 6. The van der Waals surface area contributed by atoms with Gasteiger partial charge in [-0.3, -0.25) is 4.72 Å². The van der Waals surface area contributed by atoms with Gasteiger partial charge in [0.15, 0.2) is 10.0 Å². The Labute approximate surface area is 181 Å². The number of aromatic carboxylic acids is 1. The number of carboxylic acids is 1. The summed E-state index contributed by atoms with van der Waals surface area (Å²) in [6, 6.07) is 8.65. The minimum atomic E-state index is -4.20. The van der Waals surface area contributed by atoms with Crippen LogP contribution in [0.4, 0.5) is 10.1 Å². The molecule has 2 aromatic carbocycles. The van der Waals surface area contributed by atoms with Gasteiger partial charge in [-0.15, -0.1) is 11.3 Å². The Morgan fingerprint density at radius 1 is 1.19 bits per heavy atom. The van der Waals surface area contributed by atoms with E-state index in [0.717, 1.165) is 23.5 Å². The largest absolute Gasteiger partial charge is 0.497 e. The predicted molar refractivity (Wildman–Crippen MR) is 112 cm³/mol. The highest BCUT2D eigenvalue weighted by atomic mass is 32.2. The Morgan fingerprint density at radius 2 is 1.97 bits per heavy atom. The van der Waals surface area contributed by atoms with E-state index in [-0.39, 0.29) is 21.5 Å². The first-order valence-electron chi connectivity index (χ1n) is 8.48. The normalized spacial score (nSPS) is 10.7. The second kappa shape index (κ2) is 9.03. The molecule has 0 aliphatic rings. The molecule has 0 unspecified atom stereocenters.